The van der Waals surface area contributed by atoms with Gasteiger partial charge in [0.2, 0.25) is 0 Å². The largest absolute Gasteiger partial charge is 0.480 e. The summed E-state index contributed by atoms with van der Waals surface area (Å²) < 4.78 is 0. The molecule has 1 saturated carbocycles. The third-order valence-corrected chi connectivity index (χ3v) is 4.16. The van der Waals surface area contributed by atoms with Gasteiger partial charge < -0.3 is 10.4 Å². The standard InChI is InChI=1S/C15H29NO2/c1-10(2)9-14(15(17)18)16-13-7-5-12(6-8-13)11(3)4/h10-14,16H,5-9H2,1-4H3,(H,17,18). The quantitative estimate of drug-likeness (QED) is 0.765. The molecular formula is C15H29NO2. The molecule has 1 fully saturated rings. The van der Waals surface area contributed by atoms with Crippen molar-refractivity contribution in [2.24, 2.45) is 17.8 Å². The molecule has 1 unspecified atom stereocenters. The van der Waals surface area contributed by atoms with E-state index in [1.165, 1.54) is 12.8 Å². The van der Waals surface area contributed by atoms with Crippen molar-refractivity contribution in [2.45, 2.75) is 71.9 Å². The molecule has 0 saturated heterocycles. The lowest BCUT2D eigenvalue weighted by Crippen LogP contribution is -2.45. The lowest BCUT2D eigenvalue weighted by molar-refractivity contribution is -0.140. The minimum Gasteiger partial charge on any atom is -0.480 e. The first-order chi connectivity index (χ1) is 8.40. The predicted octanol–water partition coefficient (Wildman–Crippen LogP) is 3.29. The van der Waals surface area contributed by atoms with Gasteiger partial charge in [-0.15, -0.1) is 0 Å². The Labute approximate surface area is 111 Å². The van der Waals surface area contributed by atoms with Crippen LogP contribution in [-0.2, 0) is 4.79 Å². The van der Waals surface area contributed by atoms with Crippen molar-refractivity contribution in [3.8, 4) is 0 Å². The second-order valence-corrected chi connectivity index (χ2v) is 6.54. The fourth-order valence-electron chi connectivity index (χ4n) is 2.95. The van der Waals surface area contributed by atoms with Gasteiger partial charge in [0.1, 0.15) is 6.04 Å². The van der Waals surface area contributed by atoms with E-state index in [0.717, 1.165) is 31.1 Å². The second-order valence-electron chi connectivity index (χ2n) is 6.54. The molecule has 0 amide bonds. The first-order valence-electron chi connectivity index (χ1n) is 7.39. The molecule has 0 radical (unpaired) electrons. The zero-order valence-corrected chi connectivity index (χ0v) is 12.3. The van der Waals surface area contributed by atoms with E-state index in [1.54, 1.807) is 0 Å². The summed E-state index contributed by atoms with van der Waals surface area (Å²) in [5, 5.41) is 12.6. The Morgan fingerprint density at radius 1 is 1.17 bits per heavy atom. The fourth-order valence-corrected chi connectivity index (χ4v) is 2.95. The summed E-state index contributed by atoms with van der Waals surface area (Å²) in [7, 11) is 0. The summed E-state index contributed by atoms with van der Waals surface area (Å²) in [5.74, 6) is 1.31. The fraction of sp³-hybridized carbons (Fsp3) is 0.933. The van der Waals surface area contributed by atoms with Crippen LogP contribution in [0.15, 0.2) is 0 Å². The van der Waals surface area contributed by atoms with E-state index >= 15 is 0 Å². The zero-order chi connectivity index (χ0) is 13.7. The average Bonchev–Trinajstić information content (AvgIpc) is 2.28. The SMILES string of the molecule is CC(C)CC(NC1CCC(C(C)C)CC1)C(=O)O. The van der Waals surface area contributed by atoms with E-state index in [1.807, 2.05) is 0 Å². The Kier molecular flexibility index (Phi) is 6.13. The average molecular weight is 255 g/mol. The number of hydrogen-bond acceptors (Lipinski definition) is 2. The van der Waals surface area contributed by atoms with Crippen molar-refractivity contribution in [3.63, 3.8) is 0 Å². The Bertz CT molecular complexity index is 255. The van der Waals surface area contributed by atoms with E-state index < -0.39 is 5.97 Å². The third-order valence-electron chi connectivity index (χ3n) is 4.16. The van der Waals surface area contributed by atoms with Crippen molar-refractivity contribution in [1.29, 1.82) is 0 Å². The number of hydrogen-bond donors (Lipinski definition) is 2. The van der Waals surface area contributed by atoms with E-state index in [4.69, 9.17) is 0 Å². The van der Waals surface area contributed by atoms with E-state index in [2.05, 4.69) is 33.0 Å². The molecule has 1 atom stereocenters. The lowest BCUT2D eigenvalue weighted by atomic mass is 9.79. The van der Waals surface area contributed by atoms with Crippen LogP contribution in [0.3, 0.4) is 0 Å². The van der Waals surface area contributed by atoms with Crippen LogP contribution in [0.25, 0.3) is 0 Å². The summed E-state index contributed by atoms with van der Waals surface area (Å²) in [5.41, 5.74) is 0. The summed E-state index contributed by atoms with van der Waals surface area (Å²) >= 11 is 0. The predicted molar refractivity (Wildman–Crippen MR) is 74.6 cm³/mol. The van der Waals surface area contributed by atoms with Crippen molar-refractivity contribution < 1.29 is 9.90 Å². The molecule has 1 aliphatic rings. The van der Waals surface area contributed by atoms with Gasteiger partial charge in [-0.2, -0.15) is 0 Å². The van der Waals surface area contributed by atoms with E-state index in [-0.39, 0.29) is 6.04 Å². The molecule has 106 valence electrons. The van der Waals surface area contributed by atoms with Gasteiger partial charge in [-0.25, -0.2) is 0 Å². The molecule has 0 bridgehead atoms. The summed E-state index contributed by atoms with van der Waals surface area (Å²) in [6.45, 7) is 8.73. The van der Waals surface area contributed by atoms with Gasteiger partial charge in [0.15, 0.2) is 0 Å². The summed E-state index contributed by atoms with van der Waals surface area (Å²) in [6.07, 6.45) is 5.46. The van der Waals surface area contributed by atoms with Crippen LogP contribution in [0.4, 0.5) is 0 Å². The topological polar surface area (TPSA) is 49.3 Å². The van der Waals surface area contributed by atoms with Crippen LogP contribution in [0, 0.1) is 17.8 Å². The van der Waals surface area contributed by atoms with Crippen molar-refractivity contribution in [1.82, 2.24) is 5.32 Å². The van der Waals surface area contributed by atoms with E-state index in [9.17, 15) is 9.90 Å². The second kappa shape index (κ2) is 7.13. The first-order valence-corrected chi connectivity index (χ1v) is 7.39. The molecule has 0 aliphatic heterocycles. The van der Waals surface area contributed by atoms with Crippen molar-refractivity contribution >= 4 is 5.97 Å². The highest BCUT2D eigenvalue weighted by Gasteiger charge is 2.27. The maximum atomic E-state index is 11.2. The molecule has 1 aliphatic carbocycles. The van der Waals surface area contributed by atoms with Gasteiger partial charge in [0.05, 0.1) is 0 Å². The first kappa shape index (κ1) is 15.5. The van der Waals surface area contributed by atoms with Crippen LogP contribution in [0.5, 0.6) is 0 Å². The monoisotopic (exact) mass is 255 g/mol. The normalized spacial score (nSPS) is 26.6. The van der Waals surface area contributed by atoms with Gasteiger partial charge in [0, 0.05) is 6.04 Å². The number of nitrogens with one attached hydrogen (secondary N) is 1. The number of aliphatic carboxylic acids is 1. The van der Waals surface area contributed by atoms with Crippen molar-refractivity contribution in [2.75, 3.05) is 0 Å². The van der Waals surface area contributed by atoms with Gasteiger partial charge in [0.25, 0.3) is 0 Å². The minimum absolute atomic E-state index is 0.370. The Hall–Kier alpha value is -0.570. The summed E-state index contributed by atoms with van der Waals surface area (Å²) in [6, 6.07) is 0.0328. The van der Waals surface area contributed by atoms with Crippen LogP contribution >= 0.6 is 0 Å². The third kappa shape index (κ3) is 4.97. The molecule has 1 rings (SSSR count). The minimum atomic E-state index is -0.699. The van der Waals surface area contributed by atoms with Crippen LogP contribution in [0.1, 0.15) is 59.8 Å². The highest BCUT2D eigenvalue weighted by atomic mass is 16.4. The van der Waals surface area contributed by atoms with Gasteiger partial charge >= 0.3 is 5.97 Å². The van der Waals surface area contributed by atoms with Crippen LogP contribution in [0.2, 0.25) is 0 Å². The van der Waals surface area contributed by atoms with E-state index in [0.29, 0.717) is 12.0 Å². The smallest absolute Gasteiger partial charge is 0.320 e. The highest BCUT2D eigenvalue weighted by Crippen LogP contribution is 2.30. The molecule has 18 heavy (non-hydrogen) atoms. The maximum Gasteiger partial charge on any atom is 0.320 e. The van der Waals surface area contributed by atoms with Crippen molar-refractivity contribution in [3.05, 3.63) is 0 Å². The molecule has 2 N–H and O–H groups in total. The highest BCUT2D eigenvalue weighted by molar-refractivity contribution is 5.73. The molecule has 0 spiro atoms. The Morgan fingerprint density at radius 2 is 1.72 bits per heavy atom. The number of carboxylic acids is 1. The molecule has 0 heterocycles. The number of rotatable bonds is 6. The number of carboxylic acid groups (broad SMARTS) is 1. The molecule has 0 aromatic carbocycles. The number of carbonyl (C=O) groups is 1. The van der Waals surface area contributed by atoms with Crippen LogP contribution in [-0.4, -0.2) is 23.2 Å². The molecule has 3 nitrogen and oxygen atoms in total. The van der Waals surface area contributed by atoms with Gasteiger partial charge in [-0.1, -0.05) is 27.7 Å². The zero-order valence-electron chi connectivity index (χ0n) is 12.3. The lowest BCUT2D eigenvalue weighted by Gasteiger charge is -2.33. The maximum absolute atomic E-state index is 11.2. The molecule has 3 heteroatoms. The van der Waals surface area contributed by atoms with Gasteiger partial charge in [-0.05, 0) is 49.9 Å². The van der Waals surface area contributed by atoms with Gasteiger partial charge in [-0.3, -0.25) is 4.79 Å². The molecule has 0 aromatic heterocycles. The molecule has 0 aromatic rings. The summed E-state index contributed by atoms with van der Waals surface area (Å²) in [4.78, 5) is 11.2. The van der Waals surface area contributed by atoms with Crippen LogP contribution < -0.4 is 5.32 Å². The molecular weight excluding hydrogens is 226 g/mol. The Balaban J connectivity index is 2.40. The Morgan fingerprint density at radius 3 is 2.11 bits per heavy atom.